The molecule has 84 heavy (non-hydrogen) atoms. The normalized spacial score (nSPS) is 12.4. The van der Waals surface area contributed by atoms with Crippen LogP contribution in [0.2, 0.25) is 0 Å². The average molecular weight is 1070 g/mol. The third kappa shape index (κ3) is 7.17. The molecule has 0 bridgehead atoms. The Balaban J connectivity index is 0.0000000855. The smallest absolute Gasteiger partial charge is 0.0544 e. The van der Waals surface area contributed by atoms with E-state index in [1.807, 2.05) is 0 Å². The summed E-state index contributed by atoms with van der Waals surface area (Å²) in [6, 6.07) is 91.1. The number of hydrogen-bond acceptors (Lipinski definition) is 0. The van der Waals surface area contributed by atoms with Crippen LogP contribution in [-0.2, 0) is 12.8 Å². The van der Waals surface area contributed by atoms with Crippen LogP contribution in [0.3, 0.4) is 0 Å². The van der Waals surface area contributed by atoms with E-state index >= 15 is 0 Å². The largest absolute Gasteiger partial charge is 0.355 e. The van der Waals surface area contributed by atoms with Crippen molar-refractivity contribution in [2.75, 3.05) is 0 Å². The Morgan fingerprint density at radius 1 is 0.202 bits per heavy atom. The first-order valence-corrected chi connectivity index (χ1v) is 29.1. The van der Waals surface area contributed by atoms with Crippen LogP contribution in [0.25, 0.3) is 164 Å². The first kappa shape index (κ1) is 46.6. The summed E-state index contributed by atoms with van der Waals surface area (Å²) in [5.74, 6) is 0. The highest BCUT2D eigenvalue weighted by molar-refractivity contribution is 6.27. The molecule has 0 radical (unpaired) electrons. The molecule has 21 rings (SSSR count). The van der Waals surface area contributed by atoms with Crippen LogP contribution in [0.15, 0.2) is 255 Å². The molecule has 19 aromatic rings. The van der Waals surface area contributed by atoms with Gasteiger partial charge in [-0.2, -0.15) is 0 Å². The molecule has 6 aromatic heterocycles. The maximum absolute atomic E-state index is 3.68. The van der Waals surface area contributed by atoms with Crippen molar-refractivity contribution < 1.29 is 0 Å². The summed E-state index contributed by atoms with van der Waals surface area (Å²) in [7, 11) is 0. The molecule has 6 N–H and O–H groups in total. The van der Waals surface area contributed by atoms with Crippen molar-refractivity contribution in [3.05, 3.63) is 277 Å². The van der Waals surface area contributed by atoms with Gasteiger partial charge in [-0.3, -0.25) is 0 Å². The highest BCUT2D eigenvalue weighted by atomic mass is 14.7. The van der Waals surface area contributed by atoms with E-state index in [2.05, 4.69) is 285 Å². The lowest BCUT2D eigenvalue weighted by Gasteiger charge is -2.02. The molecule has 0 aliphatic heterocycles. The van der Waals surface area contributed by atoms with E-state index in [1.165, 1.54) is 186 Å². The maximum atomic E-state index is 3.68. The molecule has 13 aromatic carbocycles. The molecule has 0 atom stereocenters. The second-order valence-corrected chi connectivity index (χ2v) is 22.8. The molecule has 6 nitrogen and oxygen atoms in total. The fraction of sp³-hybridized carbons (Fsp3) is 0.0256. The number of aromatic nitrogens is 6. The van der Waals surface area contributed by atoms with Gasteiger partial charge < -0.3 is 29.9 Å². The number of hydrogen-bond donors (Lipinski definition) is 6. The zero-order valence-corrected chi connectivity index (χ0v) is 45.7. The minimum Gasteiger partial charge on any atom is -0.355 e. The molecule has 394 valence electrons. The van der Waals surface area contributed by atoms with E-state index < -0.39 is 0 Å². The number of fused-ring (bicyclic) bond motifs is 28. The van der Waals surface area contributed by atoms with Gasteiger partial charge in [-0.15, -0.1) is 0 Å². The summed E-state index contributed by atoms with van der Waals surface area (Å²) in [6.45, 7) is 0. The Hall–Kier alpha value is -11.1. The molecule has 6 heterocycles. The number of H-pyrrole nitrogens is 6. The Labute approximate surface area is 481 Å². The number of rotatable bonds is 0. The Morgan fingerprint density at radius 2 is 0.619 bits per heavy atom. The second-order valence-electron chi connectivity index (χ2n) is 22.8. The Morgan fingerprint density at radius 3 is 1.21 bits per heavy atom. The van der Waals surface area contributed by atoms with Gasteiger partial charge in [0.25, 0.3) is 0 Å². The van der Waals surface area contributed by atoms with E-state index in [-0.39, 0.29) is 0 Å². The highest BCUT2D eigenvalue weighted by Gasteiger charge is 2.23. The summed E-state index contributed by atoms with van der Waals surface area (Å²) in [6.07, 6.45) is 2.09. The van der Waals surface area contributed by atoms with Gasteiger partial charge in [-0.1, -0.05) is 182 Å². The fourth-order valence-corrected chi connectivity index (χ4v) is 14.3. The average Bonchev–Trinajstić information content (AvgIpc) is 2.57. The molecule has 2 aliphatic carbocycles. The van der Waals surface area contributed by atoms with E-state index in [9.17, 15) is 0 Å². The van der Waals surface area contributed by atoms with Crippen LogP contribution in [0, 0.1) is 0 Å². The van der Waals surface area contributed by atoms with Crippen molar-refractivity contribution in [1.82, 2.24) is 29.9 Å². The Kier molecular flexibility index (Phi) is 10.1. The summed E-state index contributed by atoms with van der Waals surface area (Å²) < 4.78 is 0. The zero-order valence-electron chi connectivity index (χ0n) is 45.7. The van der Waals surface area contributed by atoms with Crippen molar-refractivity contribution in [3.8, 4) is 22.3 Å². The van der Waals surface area contributed by atoms with Gasteiger partial charge in [-0.05, 0) is 136 Å². The standard InChI is InChI=1S/C23H15N.C19H13N.2C18H12N2/c1-4-8-18-14(5-1)9-10-19-21-12-16-11-15-6-2-3-7-17(15)20(16)13-22(21)24-23(18)19;1-2-6-13-12(5-1)11-16-14(13)9-10-18-19(16)15-7-3-4-8-17(15)20-18;1-3-7-15-11(5-1)13-9-18-14(10-17(13)19-15)12-6-2-4-8-16(12)20-18;1-3-7-13-11(5-1)17-15(19-13)9-10-16-18(17)12-6-2-4-8-14(12)20-16/h1-10,12-13,24H,11H2;1-10,20H,11H2;2*1-10,19-20H. The van der Waals surface area contributed by atoms with Gasteiger partial charge in [0.1, 0.15) is 0 Å². The molecule has 0 saturated carbocycles. The monoisotopic (exact) mass is 1070 g/mol. The minimum atomic E-state index is 1.04. The van der Waals surface area contributed by atoms with Gasteiger partial charge in [0.2, 0.25) is 0 Å². The van der Waals surface area contributed by atoms with E-state index in [0.29, 0.717) is 0 Å². The molecule has 0 fully saturated rings. The van der Waals surface area contributed by atoms with Gasteiger partial charge >= 0.3 is 0 Å². The highest BCUT2D eigenvalue weighted by Crippen LogP contribution is 2.44. The van der Waals surface area contributed by atoms with Crippen molar-refractivity contribution in [3.63, 3.8) is 0 Å². The predicted molar refractivity (Wildman–Crippen MR) is 356 cm³/mol. The number of para-hydroxylation sites is 5. The van der Waals surface area contributed by atoms with Crippen molar-refractivity contribution in [2.24, 2.45) is 0 Å². The van der Waals surface area contributed by atoms with Crippen LogP contribution in [0.1, 0.15) is 22.3 Å². The van der Waals surface area contributed by atoms with Gasteiger partial charge in [0, 0.05) is 131 Å². The fourth-order valence-electron chi connectivity index (χ4n) is 14.3. The molecule has 6 heteroatoms. The van der Waals surface area contributed by atoms with E-state index in [0.717, 1.165) is 12.8 Å². The lowest BCUT2D eigenvalue weighted by molar-refractivity contribution is 1.27. The molecule has 0 amide bonds. The molecule has 0 spiro atoms. The maximum Gasteiger partial charge on any atom is 0.0544 e. The third-order valence-corrected chi connectivity index (χ3v) is 18.1. The quantitative estimate of drug-likeness (QED) is 0.0873. The molecule has 2 aliphatic rings. The number of benzene rings is 13. The Bertz CT molecular complexity index is 5710. The van der Waals surface area contributed by atoms with Crippen molar-refractivity contribution >= 4 is 142 Å². The minimum absolute atomic E-state index is 1.04. The summed E-state index contributed by atoms with van der Waals surface area (Å²) >= 11 is 0. The number of aromatic amines is 6. The van der Waals surface area contributed by atoms with Gasteiger partial charge in [-0.25, -0.2) is 0 Å². The summed E-state index contributed by atoms with van der Waals surface area (Å²) in [4.78, 5) is 21.3. The SMILES string of the molecule is c1ccc2c(c1)Cc1c-2ccc2[nH]c3ccccc3c12.c1ccc2c(c1)Cc1cc3c(cc1-2)[nH]c1c2ccccc2ccc31.c1ccc2c(c1)[nH]c1cc3c(cc12)[nH]c1ccccc13.c1ccc2c(c1)[nH]c1ccc3[nH]c4ccccc4c3c12. The van der Waals surface area contributed by atoms with Crippen LogP contribution < -0.4 is 0 Å². The zero-order chi connectivity index (χ0) is 55.0. The van der Waals surface area contributed by atoms with E-state index in [4.69, 9.17) is 0 Å². The van der Waals surface area contributed by atoms with Gasteiger partial charge in [0.15, 0.2) is 0 Å². The molecular formula is C78H52N6. The number of nitrogens with one attached hydrogen (secondary N) is 6. The molecule has 0 saturated heterocycles. The predicted octanol–water partition coefficient (Wildman–Crippen LogP) is 20.8. The second kappa shape index (κ2) is 18.2. The lowest BCUT2D eigenvalue weighted by Crippen LogP contribution is -1.82. The topological polar surface area (TPSA) is 94.7 Å². The lowest BCUT2D eigenvalue weighted by atomic mass is 10.0. The van der Waals surface area contributed by atoms with Crippen LogP contribution in [-0.4, -0.2) is 29.9 Å². The van der Waals surface area contributed by atoms with E-state index in [1.54, 1.807) is 0 Å². The van der Waals surface area contributed by atoms with Crippen LogP contribution in [0.4, 0.5) is 0 Å². The summed E-state index contributed by atoms with van der Waals surface area (Å²) in [5, 5.41) is 18.3. The van der Waals surface area contributed by atoms with Crippen LogP contribution >= 0.6 is 0 Å². The first-order chi connectivity index (χ1) is 41.6. The third-order valence-electron chi connectivity index (χ3n) is 18.1. The van der Waals surface area contributed by atoms with Gasteiger partial charge in [0.05, 0.1) is 5.52 Å². The van der Waals surface area contributed by atoms with Crippen molar-refractivity contribution in [1.29, 1.82) is 0 Å². The van der Waals surface area contributed by atoms with Crippen LogP contribution in [0.5, 0.6) is 0 Å². The van der Waals surface area contributed by atoms with Crippen molar-refractivity contribution in [2.45, 2.75) is 12.8 Å². The molecular weight excluding hydrogens is 1020 g/mol. The summed E-state index contributed by atoms with van der Waals surface area (Å²) in [5.41, 5.74) is 25.9. The molecule has 0 unspecified atom stereocenters. The first-order valence-electron chi connectivity index (χ1n) is 29.1.